The molecular weight excluding hydrogens is 1620 g/mol. The number of nitrogens with one attached hydrogen (secondary N) is 7. The average Bonchev–Trinajstić information content (AvgIpc) is 1.66. The van der Waals surface area contributed by atoms with Crippen LogP contribution in [0.25, 0.3) is 67.6 Å². The van der Waals surface area contributed by atoms with Crippen LogP contribution in [-0.4, -0.2) is 117 Å². The molecule has 0 atom stereocenters. The Labute approximate surface area is 723 Å². The molecular formula is C93H82F3N25O6. The van der Waals surface area contributed by atoms with E-state index in [1.54, 1.807) is 61.7 Å². The van der Waals surface area contributed by atoms with Crippen LogP contribution in [-0.2, 0) is 45.4 Å². The Morgan fingerprint density at radius 3 is 1.23 bits per heavy atom. The molecule has 0 bridgehead atoms. The highest BCUT2D eigenvalue weighted by atomic mass is 19.1. The minimum atomic E-state index is -0.737. The maximum atomic E-state index is 14.0. The zero-order valence-corrected chi connectivity index (χ0v) is 68.6. The number of carbonyl (C=O) groups excluding carboxylic acids is 5. The van der Waals surface area contributed by atoms with Gasteiger partial charge in [0.15, 0.2) is 34.2 Å². The molecule has 0 spiro atoms. The average molecular weight is 1700 g/mol. The van der Waals surface area contributed by atoms with Crippen LogP contribution in [0.3, 0.4) is 0 Å². The first-order valence-corrected chi connectivity index (χ1v) is 41.1. The topological polar surface area (TPSA) is 391 Å². The lowest BCUT2D eigenvalue weighted by Crippen LogP contribution is -2.19. The van der Waals surface area contributed by atoms with Crippen LogP contribution < -0.4 is 52.6 Å². The van der Waals surface area contributed by atoms with Crippen LogP contribution in [0, 0.1) is 52.5 Å². The number of hydrogen-bond donors (Lipinski definition) is 8. The van der Waals surface area contributed by atoms with Crippen molar-refractivity contribution in [3.8, 4) is 56.8 Å². The Morgan fingerprint density at radius 2 is 0.866 bits per heavy atom. The molecule has 4 fully saturated rings. The normalized spacial score (nSPS) is 13.2. The van der Waals surface area contributed by atoms with E-state index in [0.29, 0.717) is 89.6 Å². The summed E-state index contributed by atoms with van der Waals surface area (Å²) >= 11 is 0. The molecule has 6 aromatic carbocycles. The highest BCUT2D eigenvalue weighted by molar-refractivity contribution is 5.96. The van der Waals surface area contributed by atoms with E-state index >= 15 is 0 Å². The van der Waals surface area contributed by atoms with E-state index in [0.717, 1.165) is 142 Å². The van der Waals surface area contributed by atoms with Crippen molar-refractivity contribution < 1.29 is 41.9 Å². The summed E-state index contributed by atoms with van der Waals surface area (Å²) < 4.78 is 53.1. The molecule has 4 saturated carbocycles. The number of halogens is 3. The summed E-state index contributed by atoms with van der Waals surface area (Å²) in [6, 6.07) is 70.6. The van der Waals surface area contributed by atoms with Crippen LogP contribution in [0.1, 0.15) is 89.5 Å². The molecule has 0 saturated heterocycles. The molecule has 4 aliphatic rings. The lowest BCUT2D eigenvalue weighted by Gasteiger charge is -2.22. The molecule has 16 aromatic rings. The van der Waals surface area contributed by atoms with Crippen LogP contribution >= 0.6 is 0 Å². The number of pyridine rings is 5. The molecule has 10 heterocycles. The first kappa shape index (κ1) is 82.9. The van der Waals surface area contributed by atoms with Crippen LogP contribution in [0.2, 0.25) is 0 Å². The minimum absolute atomic E-state index is 0.00126. The van der Waals surface area contributed by atoms with Crippen molar-refractivity contribution in [2.45, 2.75) is 77.5 Å². The first-order chi connectivity index (χ1) is 61.8. The Hall–Kier alpha value is -16.3. The van der Waals surface area contributed by atoms with Crippen molar-refractivity contribution in [3.63, 3.8) is 0 Å². The summed E-state index contributed by atoms with van der Waals surface area (Å²) in [6.07, 6.45) is 10.0. The molecule has 636 valence electrons. The number of nitrogens with zero attached hydrogens (tertiary/aromatic N) is 17. The Balaban J connectivity index is 0.000000119. The predicted molar refractivity (Wildman–Crippen MR) is 472 cm³/mol. The van der Waals surface area contributed by atoms with Crippen LogP contribution in [0.5, 0.6) is 5.75 Å². The summed E-state index contributed by atoms with van der Waals surface area (Å²) in [5.41, 5.74) is 21.3. The molecule has 20 rings (SSSR count). The monoisotopic (exact) mass is 1700 g/mol. The molecule has 34 heteroatoms. The Kier molecular flexibility index (Phi) is 24.3. The third-order valence-corrected chi connectivity index (χ3v) is 21.4. The van der Waals surface area contributed by atoms with Gasteiger partial charge in [-0.15, -0.1) is 25.5 Å². The number of fused-ring (bicyclic) bond motifs is 4. The van der Waals surface area contributed by atoms with E-state index in [1.165, 1.54) is 6.07 Å². The number of nitriles is 1. The highest BCUT2D eigenvalue weighted by Gasteiger charge is 2.34. The Bertz CT molecular complexity index is 6810. The molecule has 5 amide bonds. The van der Waals surface area contributed by atoms with E-state index in [-0.39, 0.29) is 58.7 Å². The first-order valence-electron chi connectivity index (χ1n) is 41.1. The maximum absolute atomic E-state index is 14.0. The molecule has 4 aliphatic carbocycles. The highest BCUT2D eigenvalue weighted by Crippen LogP contribution is 2.36. The van der Waals surface area contributed by atoms with Gasteiger partial charge in [0.1, 0.15) is 23.2 Å². The number of primary amides is 1. The van der Waals surface area contributed by atoms with Crippen LogP contribution in [0.4, 0.5) is 60.0 Å². The van der Waals surface area contributed by atoms with Gasteiger partial charge in [-0.2, -0.15) is 30.3 Å². The summed E-state index contributed by atoms with van der Waals surface area (Å²) in [5.74, 6) is 0.546. The number of amides is 5. The van der Waals surface area contributed by atoms with Gasteiger partial charge in [0.2, 0.25) is 53.3 Å². The zero-order valence-electron chi connectivity index (χ0n) is 68.6. The van der Waals surface area contributed by atoms with Gasteiger partial charge < -0.3 is 31.3 Å². The fourth-order valence-corrected chi connectivity index (χ4v) is 13.8. The number of ether oxygens (including phenoxy) is 1. The maximum Gasteiger partial charge on any atom is 0.249 e. The van der Waals surface area contributed by atoms with Crippen molar-refractivity contribution in [3.05, 3.63) is 288 Å². The number of hydrogen-bond acceptors (Lipinski definition) is 22. The fourth-order valence-electron chi connectivity index (χ4n) is 13.8. The third kappa shape index (κ3) is 20.4. The molecule has 0 unspecified atom stereocenters. The van der Waals surface area contributed by atoms with Crippen molar-refractivity contribution >= 4 is 98.9 Å². The SMILES string of the molecule is COc1ccc(C(N)=O)cc1N(C)Cc1ccc(-c2cccc3nc(NC(=O)C4CC4)nn23)cc1.N#Cc1ccc(NCc2ccc(-c3cccc4nc(NC(=O)C5CC5)nn34)cc2)c(F)c1.O=C(Nc1nc2cccc(-c3ccc(CNc4cccnn4)cc3)n2n1)C1CC1.O=C(Nc1nc2cccc(-c3ccc(CNc4ncc(F)cc4F)cc3)n2n1)C1CC1. The summed E-state index contributed by atoms with van der Waals surface area (Å²) in [5, 5.41) is 54.9. The predicted octanol–water partition coefficient (Wildman–Crippen LogP) is 15.0. The standard InChI is InChI=1S/C26H26N6O3.C24H19FN6O.C22H18F2N6O.C21H19N7O/c1-31(21-14-19(24(27)33)12-13-22(21)35-2)15-16-6-8-17(9-7-16)20-4-3-5-23-28-26(30-32(20)23)29-25(34)18-10-11-18;25-19-12-16(13-26)6-11-20(19)27-14-15-4-7-17(8-5-15)21-2-1-3-22-28-24(30-31(21)22)29-23(32)18-9-10-18;23-16-10-17(24)20(26-12-16)25-11-13-4-6-14(7-5-13)18-2-1-3-19-27-22(29-30(18)19)28-21(31)15-8-9-15;29-20(16-10-11-16)25-21-24-19-5-1-3-17(28(19)27-21)15-8-6-14(7-9-15)13-22-18-4-2-12-23-26-18/h3-9,12-14,18H,10-11,15H2,1-2H3,(H2,27,33)(H,29,30,34);1-8,11-12,18,27H,9-10,14H2,(H,29,30,32);1-7,10,12,15H,8-9,11H2,(H,25,26)(H,28,29,31);1-9,12,16H,10-11,13H2,(H,22,26)(H,25,27,29). The van der Waals surface area contributed by atoms with Gasteiger partial charge in [0.25, 0.3) is 0 Å². The van der Waals surface area contributed by atoms with Crippen molar-refractivity contribution in [1.82, 2.24) is 73.6 Å². The summed E-state index contributed by atoms with van der Waals surface area (Å²) in [7, 11) is 3.53. The second-order valence-corrected chi connectivity index (χ2v) is 30.9. The second kappa shape index (κ2) is 37.2. The van der Waals surface area contributed by atoms with E-state index < -0.39 is 23.4 Å². The zero-order chi connectivity index (χ0) is 87.6. The van der Waals surface area contributed by atoms with Crippen molar-refractivity contribution in [1.29, 1.82) is 5.26 Å². The lowest BCUT2D eigenvalue weighted by molar-refractivity contribution is -0.118. The summed E-state index contributed by atoms with van der Waals surface area (Å²) in [6.45, 7) is 2.03. The fraction of sp³-hybridized carbons (Fsp3) is 0.194. The molecule has 9 N–H and O–H groups in total. The number of nitrogens with two attached hydrogens (primary N) is 1. The van der Waals surface area contributed by atoms with Crippen molar-refractivity contribution in [2.75, 3.05) is 56.3 Å². The lowest BCUT2D eigenvalue weighted by atomic mass is 10.1. The van der Waals surface area contributed by atoms with Crippen LogP contribution in [0.15, 0.2) is 237 Å². The molecule has 31 nitrogen and oxygen atoms in total. The largest absolute Gasteiger partial charge is 0.495 e. The summed E-state index contributed by atoms with van der Waals surface area (Å²) in [4.78, 5) is 83.1. The number of anilines is 8. The van der Waals surface area contributed by atoms with Crippen molar-refractivity contribution in [2.24, 2.45) is 29.4 Å². The molecule has 0 aliphatic heterocycles. The number of carbonyl (C=O) groups is 5. The third-order valence-electron chi connectivity index (χ3n) is 21.4. The Morgan fingerprint density at radius 1 is 0.465 bits per heavy atom. The van der Waals surface area contributed by atoms with E-state index in [1.807, 2.05) is 188 Å². The quantitative estimate of drug-likeness (QED) is 0.0250. The van der Waals surface area contributed by atoms with E-state index in [2.05, 4.69) is 105 Å². The smallest absolute Gasteiger partial charge is 0.249 e. The van der Waals surface area contributed by atoms with Gasteiger partial charge in [0.05, 0.1) is 59.1 Å². The van der Waals surface area contributed by atoms with Gasteiger partial charge in [-0.3, -0.25) is 45.2 Å². The number of rotatable bonds is 26. The minimum Gasteiger partial charge on any atom is -0.495 e. The molecule has 0 radical (unpaired) electrons. The van der Waals surface area contributed by atoms with Gasteiger partial charge in [-0.1, -0.05) is 121 Å². The van der Waals surface area contributed by atoms with E-state index in [4.69, 9.17) is 15.7 Å². The molecule has 10 aromatic heterocycles. The molecule has 127 heavy (non-hydrogen) atoms. The van der Waals surface area contributed by atoms with Gasteiger partial charge in [0, 0.05) is 97.0 Å². The number of aromatic nitrogens is 15. The second-order valence-electron chi connectivity index (χ2n) is 30.9. The van der Waals surface area contributed by atoms with Gasteiger partial charge in [-0.25, -0.2) is 36.2 Å². The van der Waals surface area contributed by atoms with E-state index in [9.17, 15) is 37.1 Å². The number of methoxy groups -OCH3 is 1. The number of benzene rings is 6. The van der Waals surface area contributed by atoms with Gasteiger partial charge >= 0.3 is 0 Å². The van der Waals surface area contributed by atoms with Gasteiger partial charge in [-0.05, 0) is 171 Å².